The summed E-state index contributed by atoms with van der Waals surface area (Å²) >= 11 is 6.20. The van der Waals surface area contributed by atoms with Crippen molar-refractivity contribution in [1.82, 2.24) is 14.7 Å². The van der Waals surface area contributed by atoms with E-state index in [1.54, 1.807) is 19.4 Å². The summed E-state index contributed by atoms with van der Waals surface area (Å²) in [5, 5.41) is 14.2. The predicted molar refractivity (Wildman–Crippen MR) is 110 cm³/mol. The molecule has 1 aromatic carbocycles. The zero-order valence-electron chi connectivity index (χ0n) is 16.1. The van der Waals surface area contributed by atoms with E-state index in [0.29, 0.717) is 28.5 Å². The Morgan fingerprint density at radius 3 is 2.72 bits per heavy atom. The van der Waals surface area contributed by atoms with Gasteiger partial charge in [-0.2, -0.15) is 0 Å². The summed E-state index contributed by atoms with van der Waals surface area (Å²) < 4.78 is 7.33. The van der Waals surface area contributed by atoms with Crippen molar-refractivity contribution in [3.8, 4) is 16.9 Å². The SMILES string of the molecule is COc1ccc(Cl)cc1-c1cccn2cc(C(=O)NC34CCC(O)(CC3)C4)nc12. The molecule has 2 aliphatic rings. The molecule has 1 amide bonds. The molecule has 2 fully saturated rings. The Balaban J connectivity index is 1.51. The summed E-state index contributed by atoms with van der Waals surface area (Å²) in [6.45, 7) is 0. The van der Waals surface area contributed by atoms with Gasteiger partial charge in [0.2, 0.25) is 0 Å². The van der Waals surface area contributed by atoms with Crippen LogP contribution in [0.25, 0.3) is 16.8 Å². The fourth-order valence-corrected chi connectivity index (χ4v) is 5.05. The highest BCUT2D eigenvalue weighted by atomic mass is 35.5. The number of benzene rings is 1. The van der Waals surface area contributed by atoms with Crippen LogP contribution in [0.2, 0.25) is 5.02 Å². The minimum Gasteiger partial charge on any atom is -0.496 e. The van der Waals surface area contributed by atoms with Gasteiger partial charge in [-0.3, -0.25) is 4.79 Å². The van der Waals surface area contributed by atoms with Gasteiger partial charge in [0.15, 0.2) is 0 Å². The van der Waals surface area contributed by atoms with Gasteiger partial charge in [0.1, 0.15) is 17.1 Å². The molecule has 2 aromatic heterocycles. The fourth-order valence-electron chi connectivity index (χ4n) is 4.87. The number of fused-ring (bicyclic) bond motifs is 3. The molecule has 150 valence electrons. The molecule has 0 spiro atoms. The normalized spacial score (nSPS) is 25.5. The molecule has 29 heavy (non-hydrogen) atoms. The fraction of sp³-hybridized carbons (Fsp3) is 0.364. The third-order valence-corrected chi connectivity index (χ3v) is 6.59. The van der Waals surface area contributed by atoms with E-state index in [-0.39, 0.29) is 11.4 Å². The maximum absolute atomic E-state index is 13.0. The highest BCUT2D eigenvalue weighted by Crippen LogP contribution is 2.50. The van der Waals surface area contributed by atoms with Crippen LogP contribution in [0.4, 0.5) is 0 Å². The number of aromatic nitrogens is 2. The molecule has 7 heteroatoms. The lowest BCUT2D eigenvalue weighted by molar-refractivity contribution is 0.0521. The first kappa shape index (κ1) is 18.5. The second-order valence-corrected chi connectivity index (χ2v) is 8.70. The third-order valence-electron chi connectivity index (χ3n) is 6.35. The first-order valence-corrected chi connectivity index (χ1v) is 10.1. The second kappa shape index (κ2) is 6.47. The number of hydrogen-bond acceptors (Lipinski definition) is 4. The molecule has 0 saturated heterocycles. The van der Waals surface area contributed by atoms with Gasteiger partial charge in [-0.25, -0.2) is 4.98 Å². The molecule has 5 rings (SSSR count). The average Bonchev–Trinajstić information content (AvgIpc) is 3.37. The number of carbonyl (C=O) groups is 1. The highest BCUT2D eigenvalue weighted by molar-refractivity contribution is 6.31. The Morgan fingerprint density at radius 2 is 2.03 bits per heavy atom. The van der Waals surface area contributed by atoms with Crippen LogP contribution < -0.4 is 10.1 Å². The smallest absolute Gasteiger partial charge is 0.271 e. The zero-order chi connectivity index (χ0) is 20.2. The highest BCUT2D eigenvalue weighted by Gasteiger charge is 2.54. The summed E-state index contributed by atoms with van der Waals surface area (Å²) in [6.07, 6.45) is 7.35. The van der Waals surface area contributed by atoms with E-state index >= 15 is 0 Å². The number of methoxy groups -OCH3 is 1. The minimum absolute atomic E-state index is 0.205. The molecular weight excluding hydrogens is 390 g/mol. The van der Waals surface area contributed by atoms with E-state index in [1.807, 2.05) is 34.9 Å². The van der Waals surface area contributed by atoms with E-state index in [4.69, 9.17) is 16.3 Å². The van der Waals surface area contributed by atoms with Crippen LogP contribution in [0, 0.1) is 0 Å². The number of ether oxygens (including phenoxy) is 1. The van der Waals surface area contributed by atoms with Gasteiger partial charge in [-0.15, -0.1) is 0 Å². The Morgan fingerprint density at radius 1 is 1.24 bits per heavy atom. The number of imidazole rings is 1. The molecule has 2 saturated carbocycles. The van der Waals surface area contributed by atoms with Crippen LogP contribution in [-0.2, 0) is 0 Å². The molecular formula is C22H22ClN3O3. The number of hydrogen-bond donors (Lipinski definition) is 2. The van der Waals surface area contributed by atoms with Crippen LogP contribution in [0.5, 0.6) is 5.75 Å². The summed E-state index contributed by atoms with van der Waals surface area (Å²) in [5.41, 5.74) is 1.75. The average molecular weight is 412 g/mol. The predicted octanol–water partition coefficient (Wildman–Crippen LogP) is 3.84. The molecule has 3 aromatic rings. The van der Waals surface area contributed by atoms with E-state index in [0.717, 1.165) is 36.8 Å². The summed E-state index contributed by atoms with van der Waals surface area (Å²) in [6, 6.07) is 9.26. The number of rotatable bonds is 4. The van der Waals surface area contributed by atoms with Crippen LogP contribution in [0.15, 0.2) is 42.7 Å². The molecule has 2 N–H and O–H groups in total. The number of pyridine rings is 1. The van der Waals surface area contributed by atoms with Crippen molar-refractivity contribution >= 4 is 23.2 Å². The standard InChI is InChI=1S/C22H22ClN3O3/c1-29-18-5-4-14(23)11-16(18)15-3-2-10-26-12-17(24-19(15)26)20(27)25-21-6-8-22(28,13-21)9-7-21/h2-5,10-12,28H,6-9,13H2,1H3,(H,25,27). The molecule has 2 heterocycles. The first-order valence-electron chi connectivity index (χ1n) is 9.77. The Bertz CT molecular complexity index is 1120. The van der Waals surface area contributed by atoms with Gasteiger partial charge in [0.05, 0.1) is 12.7 Å². The van der Waals surface area contributed by atoms with Gasteiger partial charge in [0.25, 0.3) is 5.91 Å². The van der Waals surface area contributed by atoms with Crippen molar-refractivity contribution in [2.75, 3.05) is 7.11 Å². The van der Waals surface area contributed by atoms with Crippen LogP contribution >= 0.6 is 11.6 Å². The maximum Gasteiger partial charge on any atom is 0.271 e. The summed E-state index contributed by atoms with van der Waals surface area (Å²) in [5.74, 6) is 0.482. The Labute approximate surface area is 173 Å². The van der Waals surface area contributed by atoms with Gasteiger partial charge in [-0.05, 0) is 62.4 Å². The van der Waals surface area contributed by atoms with Crippen LogP contribution in [0.3, 0.4) is 0 Å². The number of nitrogens with zero attached hydrogens (tertiary/aromatic N) is 2. The minimum atomic E-state index is -0.609. The van der Waals surface area contributed by atoms with Crippen molar-refractivity contribution in [2.24, 2.45) is 0 Å². The van der Waals surface area contributed by atoms with E-state index in [9.17, 15) is 9.90 Å². The maximum atomic E-state index is 13.0. The first-order chi connectivity index (χ1) is 13.9. The quantitative estimate of drug-likeness (QED) is 0.683. The largest absolute Gasteiger partial charge is 0.496 e. The lowest BCUT2D eigenvalue weighted by Gasteiger charge is -2.27. The van der Waals surface area contributed by atoms with E-state index in [2.05, 4.69) is 10.3 Å². The third kappa shape index (κ3) is 3.07. The van der Waals surface area contributed by atoms with E-state index < -0.39 is 5.60 Å². The number of carbonyl (C=O) groups excluding carboxylic acids is 1. The number of nitrogens with one attached hydrogen (secondary N) is 1. The number of amides is 1. The van der Waals surface area contributed by atoms with Crippen molar-refractivity contribution < 1.29 is 14.6 Å². The van der Waals surface area contributed by atoms with Crippen molar-refractivity contribution in [3.05, 3.63) is 53.4 Å². The Hall–Kier alpha value is -2.57. The van der Waals surface area contributed by atoms with Crippen LogP contribution in [0.1, 0.15) is 42.6 Å². The lowest BCUT2D eigenvalue weighted by Crippen LogP contribution is -2.45. The summed E-state index contributed by atoms with van der Waals surface area (Å²) in [4.78, 5) is 17.6. The molecule has 0 unspecified atom stereocenters. The van der Waals surface area contributed by atoms with E-state index in [1.165, 1.54) is 0 Å². The monoisotopic (exact) mass is 411 g/mol. The molecule has 6 nitrogen and oxygen atoms in total. The van der Waals surface area contributed by atoms with Crippen molar-refractivity contribution in [2.45, 2.75) is 43.2 Å². The zero-order valence-corrected chi connectivity index (χ0v) is 16.9. The number of aliphatic hydroxyl groups is 1. The van der Waals surface area contributed by atoms with Gasteiger partial charge < -0.3 is 19.6 Å². The molecule has 0 radical (unpaired) electrons. The van der Waals surface area contributed by atoms with Gasteiger partial charge in [0, 0.05) is 34.1 Å². The van der Waals surface area contributed by atoms with Crippen molar-refractivity contribution in [3.63, 3.8) is 0 Å². The van der Waals surface area contributed by atoms with Gasteiger partial charge >= 0.3 is 0 Å². The van der Waals surface area contributed by atoms with Crippen molar-refractivity contribution in [1.29, 1.82) is 0 Å². The van der Waals surface area contributed by atoms with Gasteiger partial charge in [-0.1, -0.05) is 11.6 Å². The molecule has 2 bridgehead atoms. The molecule has 2 aliphatic carbocycles. The summed E-state index contributed by atoms with van der Waals surface area (Å²) in [7, 11) is 1.61. The topological polar surface area (TPSA) is 75.9 Å². The lowest BCUT2D eigenvalue weighted by atomic mass is 9.92. The number of halogens is 1. The molecule has 0 aliphatic heterocycles. The molecule has 0 atom stereocenters. The van der Waals surface area contributed by atoms with Crippen LogP contribution in [-0.4, -0.2) is 38.6 Å². The Kier molecular flexibility index (Phi) is 4.12. The second-order valence-electron chi connectivity index (χ2n) is 8.26.